The van der Waals surface area contributed by atoms with Crippen molar-refractivity contribution in [2.24, 2.45) is 30.0 Å². The van der Waals surface area contributed by atoms with Crippen LogP contribution in [0.5, 0.6) is 0 Å². The third-order valence-electron chi connectivity index (χ3n) is 11.8. The maximum Gasteiger partial charge on any atom is 0.200 e. The fraction of sp³-hybridized carbons (Fsp3) is 0.500. The first kappa shape index (κ1) is 51.9. The molecule has 4 aromatic carbocycles. The number of guanidine groups is 6. The highest BCUT2D eigenvalue weighted by Gasteiger charge is 2.28. The summed E-state index contributed by atoms with van der Waals surface area (Å²) in [6.07, 6.45) is 0. The predicted octanol–water partition coefficient (Wildman–Crippen LogP) is 5.05. The van der Waals surface area contributed by atoms with Crippen LogP contribution in [0.3, 0.4) is 0 Å². The van der Waals surface area contributed by atoms with Crippen molar-refractivity contribution in [1.29, 1.82) is 0 Å². The smallest absolute Gasteiger partial charge is 0.200 e. The van der Waals surface area contributed by atoms with Crippen molar-refractivity contribution in [3.05, 3.63) is 36.4 Å². The Balaban J connectivity index is 2.55. The number of hydrogen-bond acceptors (Lipinski definition) is 6. The Morgan fingerprint density at radius 2 is 0.333 bits per heavy atom. The lowest BCUT2D eigenvalue weighted by Gasteiger charge is -2.35. The molecule has 0 saturated carbocycles. The number of aliphatic imine (C=N–C) groups is 6. The highest BCUT2D eigenvalue weighted by molar-refractivity contribution is 6.30. The third-order valence-corrected chi connectivity index (χ3v) is 11.8. The van der Waals surface area contributed by atoms with Crippen molar-refractivity contribution in [1.82, 2.24) is 29.4 Å². The molecule has 0 aliphatic rings. The summed E-state index contributed by atoms with van der Waals surface area (Å²) in [6.45, 7) is 0. The fourth-order valence-electron chi connectivity index (χ4n) is 9.23. The first-order valence-electron chi connectivity index (χ1n) is 21.8. The van der Waals surface area contributed by atoms with Crippen LogP contribution in [0.4, 0.5) is 34.1 Å². The molecule has 18 nitrogen and oxygen atoms in total. The lowest BCUT2D eigenvalue weighted by Crippen LogP contribution is -2.41. The van der Waals surface area contributed by atoms with E-state index in [1.807, 2.05) is 156 Å². The molecule has 0 heterocycles. The lowest BCUT2D eigenvalue weighted by molar-refractivity contribution is 0.605. The Morgan fingerprint density at radius 1 is 0.227 bits per heavy atom. The summed E-state index contributed by atoms with van der Waals surface area (Å²) in [5, 5.41) is 6.34. The minimum absolute atomic E-state index is 0.795. The summed E-state index contributed by atoms with van der Waals surface area (Å²) in [6, 6.07) is 13.9. The molecule has 0 aliphatic heterocycles. The molecule has 0 aliphatic carbocycles. The molecule has 0 fully saturated rings. The topological polar surface area (TPSA) is 113 Å². The first-order chi connectivity index (χ1) is 31.0. The lowest BCUT2D eigenvalue weighted by atomic mass is 9.91. The zero-order valence-electron chi connectivity index (χ0n) is 44.5. The summed E-state index contributed by atoms with van der Waals surface area (Å²) in [5.41, 5.74) is 5.71. The Morgan fingerprint density at radius 3 is 0.409 bits per heavy atom. The molecule has 0 unspecified atom stereocenters. The van der Waals surface area contributed by atoms with E-state index in [2.05, 4.69) is 108 Å². The van der Waals surface area contributed by atoms with E-state index >= 15 is 0 Å². The van der Waals surface area contributed by atoms with Gasteiger partial charge in [-0.15, -0.1) is 0 Å². The Labute approximate surface area is 395 Å². The maximum atomic E-state index is 4.76. The number of nitrogens with zero attached hydrogens (tertiary/aromatic N) is 18. The highest BCUT2D eigenvalue weighted by Crippen LogP contribution is 2.47. The van der Waals surface area contributed by atoms with Gasteiger partial charge in [-0.2, -0.15) is 0 Å². The number of anilines is 6. The molecule has 0 saturated heterocycles. The van der Waals surface area contributed by atoms with Gasteiger partial charge in [-0.3, -0.25) is 30.0 Å². The first-order valence-corrected chi connectivity index (χ1v) is 21.8. The van der Waals surface area contributed by atoms with E-state index in [-0.39, 0.29) is 0 Å². The normalized spacial score (nSPS) is 13.1. The number of fused-ring (bicyclic) bond motifs is 6. The molecule has 0 N–H and O–H groups in total. The van der Waals surface area contributed by atoms with E-state index in [9.17, 15) is 0 Å². The van der Waals surface area contributed by atoms with Gasteiger partial charge in [0, 0.05) is 169 Å². The van der Waals surface area contributed by atoms with Crippen molar-refractivity contribution < 1.29 is 0 Å². The van der Waals surface area contributed by atoms with Crippen molar-refractivity contribution >= 4 is 102 Å². The zero-order chi connectivity index (χ0) is 49.8. The van der Waals surface area contributed by atoms with Crippen molar-refractivity contribution in [2.45, 2.75) is 0 Å². The minimum atomic E-state index is 0.795. The summed E-state index contributed by atoms with van der Waals surface area (Å²) < 4.78 is 0. The molecule has 0 amide bonds. The molecule has 0 radical (unpaired) electrons. The molecule has 0 atom stereocenters. The molecular formula is C48H78N18. The van der Waals surface area contributed by atoms with Crippen LogP contribution in [0.2, 0.25) is 0 Å². The molecule has 4 aromatic rings. The van der Waals surface area contributed by atoms with Crippen LogP contribution < -0.4 is 29.4 Å². The van der Waals surface area contributed by atoms with Crippen LogP contribution in [-0.2, 0) is 0 Å². The standard InChI is InChI=1S/C48H78N18/c1-49-43(55(7)8)61(19)37-25-31-32(26-38(37)62(20)44(50-2)56(9)10)34-28-40(64(22)46(52-4)58(13)14)42(66(24)48(54-6)60(17)18)30-36(34)35-29-41(65(23)47(53-5)59(15)16)39(27-33(31)35)63(21)45(51-3)57(11)12/h25-30H,1-24H3. The van der Waals surface area contributed by atoms with Crippen LogP contribution in [-0.4, -0.2) is 234 Å². The van der Waals surface area contributed by atoms with E-state index in [1.54, 1.807) is 0 Å². The van der Waals surface area contributed by atoms with Gasteiger partial charge < -0.3 is 58.8 Å². The maximum absolute atomic E-state index is 4.76. The van der Waals surface area contributed by atoms with Crippen LogP contribution in [0, 0.1) is 0 Å². The molecule has 0 aromatic heterocycles. The van der Waals surface area contributed by atoms with Crippen LogP contribution >= 0.6 is 0 Å². The third kappa shape index (κ3) is 9.63. The second-order valence-electron chi connectivity index (χ2n) is 17.5. The fourth-order valence-corrected chi connectivity index (χ4v) is 9.23. The van der Waals surface area contributed by atoms with Crippen molar-refractivity contribution in [3.8, 4) is 0 Å². The Hall–Kier alpha value is -6.72. The molecule has 66 heavy (non-hydrogen) atoms. The summed E-state index contributed by atoms with van der Waals surface area (Å²) in [5.74, 6) is 4.77. The van der Waals surface area contributed by atoms with E-state index in [4.69, 9.17) is 30.0 Å². The van der Waals surface area contributed by atoms with E-state index in [0.29, 0.717) is 0 Å². The molecule has 0 spiro atoms. The zero-order valence-corrected chi connectivity index (χ0v) is 44.5. The highest BCUT2D eigenvalue weighted by atomic mass is 15.4. The van der Waals surface area contributed by atoms with Gasteiger partial charge in [0.2, 0.25) is 0 Å². The van der Waals surface area contributed by atoms with E-state index in [0.717, 1.165) is 102 Å². The van der Waals surface area contributed by atoms with Crippen molar-refractivity contribution in [2.75, 3.05) is 199 Å². The average Bonchev–Trinajstić information content (AvgIpc) is 3.25. The second kappa shape index (κ2) is 21.1. The quantitative estimate of drug-likeness (QED) is 0.147. The molecule has 18 heteroatoms. The Kier molecular flexibility index (Phi) is 16.6. The molecular weight excluding hydrogens is 829 g/mol. The summed E-state index contributed by atoms with van der Waals surface area (Å²) >= 11 is 0. The summed E-state index contributed by atoms with van der Waals surface area (Å²) in [4.78, 5) is 53.7. The summed E-state index contributed by atoms with van der Waals surface area (Å²) in [7, 11) is 47.6. The SMILES string of the molecule is CN=C(N(C)C)N(C)c1cc2c3cc(N(C)C(=NC)N(C)C)c(N(C)C(=NC)N(C)C)cc3c3cc(N(C)C(=NC)N(C)C)c(N(C)C(=NC)N(C)C)cc3c2cc1N(C)C(=NC)N(C)C. The van der Waals surface area contributed by atoms with Crippen molar-refractivity contribution in [3.63, 3.8) is 0 Å². The van der Waals surface area contributed by atoms with Gasteiger partial charge in [-0.25, -0.2) is 0 Å². The number of rotatable bonds is 6. The van der Waals surface area contributed by atoms with Gasteiger partial charge in [-0.1, -0.05) is 0 Å². The van der Waals surface area contributed by atoms with Crippen LogP contribution in [0.15, 0.2) is 66.4 Å². The van der Waals surface area contributed by atoms with E-state index in [1.165, 1.54) is 0 Å². The van der Waals surface area contributed by atoms with E-state index < -0.39 is 0 Å². The molecule has 360 valence electrons. The van der Waals surface area contributed by atoms with Gasteiger partial charge in [0.15, 0.2) is 35.8 Å². The number of benzene rings is 4. The largest absolute Gasteiger partial charge is 0.349 e. The monoisotopic (exact) mass is 907 g/mol. The van der Waals surface area contributed by atoms with Gasteiger partial charge in [0.25, 0.3) is 0 Å². The Bertz CT molecular complexity index is 2100. The van der Waals surface area contributed by atoms with Gasteiger partial charge in [0.05, 0.1) is 34.1 Å². The molecule has 4 rings (SSSR count). The van der Waals surface area contributed by atoms with Crippen LogP contribution in [0.1, 0.15) is 0 Å². The molecule has 0 bridgehead atoms. The predicted molar refractivity (Wildman–Crippen MR) is 292 cm³/mol. The number of hydrogen-bond donors (Lipinski definition) is 0. The van der Waals surface area contributed by atoms with Crippen LogP contribution in [0.25, 0.3) is 32.3 Å². The second-order valence-corrected chi connectivity index (χ2v) is 17.5. The minimum Gasteiger partial charge on any atom is -0.349 e. The van der Waals surface area contributed by atoms with Gasteiger partial charge in [-0.05, 0) is 68.7 Å². The average molecular weight is 907 g/mol. The van der Waals surface area contributed by atoms with Gasteiger partial charge >= 0.3 is 0 Å². The van der Waals surface area contributed by atoms with Gasteiger partial charge in [0.1, 0.15) is 0 Å².